The van der Waals surface area contributed by atoms with Gasteiger partial charge in [0.1, 0.15) is 12.2 Å². The van der Waals surface area contributed by atoms with Crippen molar-refractivity contribution in [1.82, 2.24) is 14.8 Å². The first-order valence-electron chi connectivity index (χ1n) is 5.11. The summed E-state index contributed by atoms with van der Waals surface area (Å²) in [5, 5.41) is 4.68. The van der Waals surface area contributed by atoms with E-state index in [1.54, 1.807) is 4.68 Å². The average Bonchev–Trinajstić information content (AvgIpc) is 2.68. The van der Waals surface area contributed by atoms with Crippen LogP contribution in [0.1, 0.15) is 17.4 Å². The highest BCUT2D eigenvalue weighted by atomic mass is 79.9. The first kappa shape index (κ1) is 12.5. The molecule has 0 fully saturated rings. The largest absolute Gasteiger partial charge is 0.324 e. The van der Waals surface area contributed by atoms with Gasteiger partial charge in [0.25, 0.3) is 0 Å². The van der Waals surface area contributed by atoms with Crippen molar-refractivity contribution >= 4 is 27.5 Å². The lowest BCUT2D eigenvalue weighted by molar-refractivity contribution is 0.629. The number of benzene rings is 1. The van der Waals surface area contributed by atoms with Gasteiger partial charge in [-0.05, 0) is 23.8 Å². The summed E-state index contributed by atoms with van der Waals surface area (Å²) in [5.74, 6) is 0.841. The SMILES string of the molecule is Cn1ncnc1CC(N)c1cc(Br)ccc1Cl. The smallest absolute Gasteiger partial charge is 0.138 e. The standard InChI is InChI=1S/C11H12BrClN4/c1-17-11(15-6-16-17)5-10(14)8-4-7(12)2-3-9(8)13/h2-4,6,10H,5,14H2,1H3. The quantitative estimate of drug-likeness (QED) is 0.946. The van der Waals surface area contributed by atoms with Crippen LogP contribution in [0.25, 0.3) is 0 Å². The summed E-state index contributed by atoms with van der Waals surface area (Å²) < 4.78 is 2.68. The normalized spacial score (nSPS) is 12.7. The van der Waals surface area contributed by atoms with Crippen LogP contribution < -0.4 is 5.73 Å². The topological polar surface area (TPSA) is 56.7 Å². The highest BCUT2D eigenvalue weighted by Crippen LogP contribution is 2.26. The minimum Gasteiger partial charge on any atom is -0.324 e. The number of rotatable bonds is 3. The number of nitrogens with two attached hydrogens (primary N) is 1. The number of nitrogens with zero attached hydrogens (tertiary/aromatic N) is 3. The van der Waals surface area contributed by atoms with Crippen molar-refractivity contribution < 1.29 is 0 Å². The van der Waals surface area contributed by atoms with E-state index in [-0.39, 0.29) is 6.04 Å². The maximum Gasteiger partial charge on any atom is 0.138 e. The molecule has 0 aliphatic heterocycles. The molecule has 2 aromatic rings. The molecule has 6 heteroatoms. The molecule has 1 heterocycles. The van der Waals surface area contributed by atoms with Crippen molar-refractivity contribution in [2.75, 3.05) is 0 Å². The van der Waals surface area contributed by atoms with Crippen molar-refractivity contribution in [3.05, 3.63) is 45.4 Å². The van der Waals surface area contributed by atoms with Crippen LogP contribution in [0.5, 0.6) is 0 Å². The predicted octanol–water partition coefficient (Wildman–Crippen LogP) is 2.47. The predicted molar refractivity (Wildman–Crippen MR) is 70.8 cm³/mol. The van der Waals surface area contributed by atoms with E-state index in [9.17, 15) is 0 Å². The molecule has 2 rings (SSSR count). The van der Waals surface area contributed by atoms with Crippen LogP contribution in [0, 0.1) is 0 Å². The van der Waals surface area contributed by atoms with Gasteiger partial charge in [-0.25, -0.2) is 4.98 Å². The summed E-state index contributed by atoms with van der Waals surface area (Å²) in [6.45, 7) is 0. The van der Waals surface area contributed by atoms with Crippen LogP contribution in [0.2, 0.25) is 5.02 Å². The van der Waals surface area contributed by atoms with E-state index < -0.39 is 0 Å². The molecule has 1 aromatic carbocycles. The molecule has 0 aliphatic rings. The van der Waals surface area contributed by atoms with Crippen LogP contribution in [-0.4, -0.2) is 14.8 Å². The zero-order valence-electron chi connectivity index (χ0n) is 9.27. The minimum atomic E-state index is -0.192. The number of hydrogen-bond donors (Lipinski definition) is 1. The van der Waals surface area contributed by atoms with Gasteiger partial charge >= 0.3 is 0 Å². The third kappa shape index (κ3) is 2.86. The molecular formula is C11H12BrClN4. The Balaban J connectivity index is 2.23. The van der Waals surface area contributed by atoms with Gasteiger partial charge < -0.3 is 5.73 Å². The molecule has 4 nitrogen and oxygen atoms in total. The summed E-state index contributed by atoms with van der Waals surface area (Å²) >= 11 is 9.54. The van der Waals surface area contributed by atoms with Crippen molar-refractivity contribution in [3.8, 4) is 0 Å². The van der Waals surface area contributed by atoms with E-state index in [1.165, 1.54) is 6.33 Å². The Morgan fingerprint density at radius 3 is 2.94 bits per heavy atom. The van der Waals surface area contributed by atoms with Crippen molar-refractivity contribution in [3.63, 3.8) is 0 Å². The Hall–Kier alpha value is -0.910. The first-order chi connectivity index (χ1) is 8.08. The molecule has 0 amide bonds. The summed E-state index contributed by atoms with van der Waals surface area (Å²) in [6.07, 6.45) is 2.12. The van der Waals surface area contributed by atoms with E-state index >= 15 is 0 Å². The number of halogens is 2. The van der Waals surface area contributed by atoms with E-state index in [2.05, 4.69) is 26.0 Å². The van der Waals surface area contributed by atoms with Gasteiger partial charge in [0, 0.05) is 29.0 Å². The summed E-state index contributed by atoms with van der Waals surface area (Å²) in [4.78, 5) is 4.15. The van der Waals surface area contributed by atoms with Crippen molar-refractivity contribution in [2.24, 2.45) is 12.8 Å². The van der Waals surface area contributed by atoms with Crippen LogP contribution in [0.4, 0.5) is 0 Å². The van der Waals surface area contributed by atoms with Gasteiger partial charge in [-0.15, -0.1) is 0 Å². The second-order valence-electron chi connectivity index (χ2n) is 3.78. The molecule has 0 saturated heterocycles. The van der Waals surface area contributed by atoms with Gasteiger partial charge in [0.05, 0.1) is 0 Å². The lowest BCUT2D eigenvalue weighted by atomic mass is 10.0. The molecule has 0 bridgehead atoms. The molecule has 1 atom stereocenters. The third-order valence-corrected chi connectivity index (χ3v) is 3.40. The molecule has 0 saturated carbocycles. The molecular weight excluding hydrogens is 304 g/mol. The van der Waals surface area contributed by atoms with Crippen LogP contribution >= 0.6 is 27.5 Å². The van der Waals surface area contributed by atoms with Gasteiger partial charge in [-0.2, -0.15) is 5.10 Å². The van der Waals surface area contributed by atoms with Crippen molar-refractivity contribution in [2.45, 2.75) is 12.5 Å². The van der Waals surface area contributed by atoms with Crippen LogP contribution in [0.15, 0.2) is 29.0 Å². The molecule has 1 aromatic heterocycles. The summed E-state index contributed by atoms with van der Waals surface area (Å²) in [6, 6.07) is 5.46. The van der Waals surface area contributed by atoms with Crippen LogP contribution in [0.3, 0.4) is 0 Å². The Morgan fingerprint density at radius 2 is 2.29 bits per heavy atom. The van der Waals surface area contributed by atoms with E-state index in [4.69, 9.17) is 17.3 Å². The van der Waals surface area contributed by atoms with Gasteiger partial charge in [-0.1, -0.05) is 27.5 Å². The highest BCUT2D eigenvalue weighted by Gasteiger charge is 2.14. The van der Waals surface area contributed by atoms with Gasteiger partial charge in [0.2, 0.25) is 0 Å². The fraction of sp³-hybridized carbons (Fsp3) is 0.273. The second-order valence-corrected chi connectivity index (χ2v) is 5.10. The Kier molecular flexibility index (Phi) is 3.81. The summed E-state index contributed by atoms with van der Waals surface area (Å²) in [5.41, 5.74) is 7.04. The fourth-order valence-corrected chi connectivity index (χ4v) is 2.25. The molecule has 0 radical (unpaired) electrons. The first-order valence-corrected chi connectivity index (χ1v) is 6.28. The monoisotopic (exact) mass is 314 g/mol. The van der Waals surface area contributed by atoms with E-state index in [0.717, 1.165) is 15.9 Å². The summed E-state index contributed by atoms with van der Waals surface area (Å²) in [7, 11) is 1.84. The van der Waals surface area contributed by atoms with Crippen molar-refractivity contribution in [1.29, 1.82) is 0 Å². The fourth-order valence-electron chi connectivity index (χ4n) is 1.61. The Labute approximate surface area is 113 Å². The molecule has 0 spiro atoms. The molecule has 1 unspecified atom stereocenters. The minimum absolute atomic E-state index is 0.192. The lowest BCUT2D eigenvalue weighted by Crippen LogP contribution is -2.16. The zero-order chi connectivity index (χ0) is 12.4. The maximum absolute atomic E-state index is 6.14. The molecule has 2 N–H and O–H groups in total. The molecule has 17 heavy (non-hydrogen) atoms. The average molecular weight is 316 g/mol. The Bertz CT molecular complexity index is 526. The number of aromatic nitrogens is 3. The van der Waals surface area contributed by atoms with E-state index in [1.807, 2.05) is 25.2 Å². The third-order valence-electron chi connectivity index (χ3n) is 2.57. The molecule has 0 aliphatic carbocycles. The maximum atomic E-state index is 6.14. The highest BCUT2D eigenvalue weighted by molar-refractivity contribution is 9.10. The lowest BCUT2D eigenvalue weighted by Gasteiger charge is -2.13. The zero-order valence-corrected chi connectivity index (χ0v) is 11.6. The second kappa shape index (κ2) is 5.16. The molecule has 90 valence electrons. The van der Waals surface area contributed by atoms with Crippen LogP contribution in [-0.2, 0) is 13.5 Å². The Morgan fingerprint density at radius 1 is 1.53 bits per heavy atom. The van der Waals surface area contributed by atoms with Gasteiger partial charge in [-0.3, -0.25) is 4.68 Å². The number of aryl methyl sites for hydroxylation is 1. The number of hydrogen-bond acceptors (Lipinski definition) is 3. The van der Waals surface area contributed by atoms with Gasteiger partial charge in [0.15, 0.2) is 0 Å². The van der Waals surface area contributed by atoms with E-state index in [0.29, 0.717) is 11.4 Å².